The largest absolute Gasteiger partial charge is 0.352 e. The third-order valence-corrected chi connectivity index (χ3v) is 5.28. The van der Waals surface area contributed by atoms with Crippen LogP contribution in [0.15, 0.2) is 41.8 Å². The van der Waals surface area contributed by atoms with Gasteiger partial charge in [0.05, 0.1) is 5.75 Å². The molecule has 1 heterocycles. The summed E-state index contributed by atoms with van der Waals surface area (Å²) in [5.74, 6) is 1.02. The number of amides is 1. The molecule has 1 fully saturated rings. The van der Waals surface area contributed by atoms with Gasteiger partial charge in [0.15, 0.2) is 5.16 Å². The van der Waals surface area contributed by atoms with Crippen molar-refractivity contribution < 1.29 is 4.79 Å². The van der Waals surface area contributed by atoms with Crippen LogP contribution >= 0.6 is 11.8 Å². The van der Waals surface area contributed by atoms with Crippen LogP contribution in [0, 0.1) is 5.92 Å². The maximum absolute atomic E-state index is 12.2. The van der Waals surface area contributed by atoms with E-state index in [0.717, 1.165) is 17.3 Å². The summed E-state index contributed by atoms with van der Waals surface area (Å²) in [5.41, 5.74) is 1.00. The van der Waals surface area contributed by atoms with E-state index in [9.17, 15) is 4.79 Å². The Labute approximate surface area is 140 Å². The normalized spacial score (nSPS) is 21.1. The first-order valence-corrected chi connectivity index (χ1v) is 9.10. The Kier molecular flexibility index (Phi) is 5.33. The first kappa shape index (κ1) is 16.1. The second-order valence-electron chi connectivity index (χ2n) is 6.04. The van der Waals surface area contributed by atoms with Gasteiger partial charge in [-0.1, -0.05) is 49.7 Å². The van der Waals surface area contributed by atoms with Crippen LogP contribution in [0.25, 0.3) is 5.69 Å². The van der Waals surface area contributed by atoms with E-state index in [1.165, 1.54) is 31.0 Å². The van der Waals surface area contributed by atoms with E-state index >= 15 is 0 Å². The van der Waals surface area contributed by atoms with Gasteiger partial charge < -0.3 is 5.32 Å². The Morgan fingerprint density at radius 2 is 2.09 bits per heavy atom. The molecule has 2 unspecified atom stereocenters. The summed E-state index contributed by atoms with van der Waals surface area (Å²) >= 11 is 1.42. The van der Waals surface area contributed by atoms with Gasteiger partial charge in [-0.05, 0) is 30.9 Å². The lowest BCUT2D eigenvalue weighted by Crippen LogP contribution is -2.41. The predicted octanol–water partition coefficient (Wildman–Crippen LogP) is 3.05. The maximum atomic E-state index is 12.2. The van der Waals surface area contributed by atoms with Crippen molar-refractivity contribution >= 4 is 17.7 Å². The monoisotopic (exact) mass is 330 g/mol. The van der Waals surface area contributed by atoms with E-state index in [0.29, 0.717) is 17.7 Å². The Morgan fingerprint density at radius 3 is 2.87 bits per heavy atom. The number of rotatable bonds is 5. The predicted molar refractivity (Wildman–Crippen MR) is 91.6 cm³/mol. The van der Waals surface area contributed by atoms with Crippen molar-refractivity contribution in [2.75, 3.05) is 5.75 Å². The Morgan fingerprint density at radius 1 is 1.30 bits per heavy atom. The van der Waals surface area contributed by atoms with Crippen LogP contribution in [-0.2, 0) is 4.79 Å². The van der Waals surface area contributed by atoms with E-state index in [1.54, 1.807) is 6.33 Å². The van der Waals surface area contributed by atoms with Gasteiger partial charge in [0, 0.05) is 11.7 Å². The van der Waals surface area contributed by atoms with Gasteiger partial charge >= 0.3 is 0 Å². The summed E-state index contributed by atoms with van der Waals surface area (Å²) in [6.45, 7) is 2.23. The average molecular weight is 330 g/mol. The van der Waals surface area contributed by atoms with E-state index in [1.807, 2.05) is 34.9 Å². The molecule has 2 atom stereocenters. The van der Waals surface area contributed by atoms with Crippen molar-refractivity contribution in [3.8, 4) is 5.69 Å². The van der Waals surface area contributed by atoms with E-state index in [-0.39, 0.29) is 5.91 Å². The molecule has 1 saturated carbocycles. The van der Waals surface area contributed by atoms with Crippen molar-refractivity contribution in [3.63, 3.8) is 0 Å². The first-order chi connectivity index (χ1) is 11.2. The van der Waals surface area contributed by atoms with Crippen LogP contribution in [0.3, 0.4) is 0 Å². The molecule has 0 spiro atoms. The van der Waals surface area contributed by atoms with Gasteiger partial charge in [-0.3, -0.25) is 9.36 Å². The van der Waals surface area contributed by atoms with Crippen LogP contribution in [0.1, 0.15) is 32.6 Å². The number of carbonyl (C=O) groups is 1. The minimum absolute atomic E-state index is 0.0800. The van der Waals surface area contributed by atoms with Crippen molar-refractivity contribution in [1.82, 2.24) is 20.1 Å². The molecule has 1 aliphatic carbocycles. The Bertz CT molecular complexity index is 643. The first-order valence-electron chi connectivity index (χ1n) is 8.11. The summed E-state index contributed by atoms with van der Waals surface area (Å²) in [6.07, 6.45) is 6.48. The SMILES string of the molecule is CC1CCCCC1NC(=O)CSc1nncn1-c1ccccc1. The molecule has 0 saturated heterocycles. The molecule has 1 amide bonds. The van der Waals surface area contributed by atoms with Gasteiger partial charge in [0.2, 0.25) is 5.91 Å². The van der Waals surface area contributed by atoms with Gasteiger partial charge in [-0.2, -0.15) is 0 Å². The van der Waals surface area contributed by atoms with Gasteiger partial charge in [-0.15, -0.1) is 10.2 Å². The highest BCUT2D eigenvalue weighted by atomic mass is 32.2. The Hall–Kier alpha value is -1.82. The molecule has 2 aromatic rings. The lowest BCUT2D eigenvalue weighted by atomic mass is 9.86. The topological polar surface area (TPSA) is 59.8 Å². The standard InChI is InChI=1S/C17H22N4OS/c1-13-7-5-6-10-15(13)19-16(22)11-23-17-20-18-12-21(17)14-8-3-2-4-9-14/h2-4,8-9,12-13,15H,5-7,10-11H2,1H3,(H,19,22). The average Bonchev–Trinajstić information content (AvgIpc) is 3.04. The molecule has 3 rings (SSSR count). The highest BCUT2D eigenvalue weighted by Gasteiger charge is 2.22. The third kappa shape index (κ3) is 4.13. The number of benzene rings is 1. The van der Waals surface area contributed by atoms with Crippen LogP contribution < -0.4 is 5.32 Å². The molecular weight excluding hydrogens is 308 g/mol. The number of hydrogen-bond acceptors (Lipinski definition) is 4. The molecule has 122 valence electrons. The molecule has 23 heavy (non-hydrogen) atoms. The molecule has 1 aromatic carbocycles. The second-order valence-corrected chi connectivity index (χ2v) is 6.99. The van der Waals surface area contributed by atoms with Crippen LogP contribution in [0.5, 0.6) is 0 Å². The lowest BCUT2D eigenvalue weighted by Gasteiger charge is -2.29. The fourth-order valence-corrected chi connectivity index (χ4v) is 3.74. The van der Waals surface area contributed by atoms with Gasteiger partial charge in [-0.25, -0.2) is 0 Å². The number of carbonyl (C=O) groups excluding carboxylic acids is 1. The molecule has 5 nitrogen and oxygen atoms in total. The number of nitrogens with one attached hydrogen (secondary N) is 1. The lowest BCUT2D eigenvalue weighted by molar-refractivity contribution is -0.119. The molecule has 0 radical (unpaired) electrons. The smallest absolute Gasteiger partial charge is 0.230 e. The van der Waals surface area contributed by atoms with E-state index < -0.39 is 0 Å². The molecule has 1 N–H and O–H groups in total. The summed E-state index contributed by atoms with van der Waals surface area (Å²) in [4.78, 5) is 12.2. The Balaban J connectivity index is 1.57. The minimum Gasteiger partial charge on any atom is -0.352 e. The zero-order valence-electron chi connectivity index (χ0n) is 13.3. The number of nitrogens with zero attached hydrogens (tertiary/aromatic N) is 3. The van der Waals surface area contributed by atoms with Crippen LogP contribution in [0.2, 0.25) is 0 Å². The fourth-order valence-electron chi connectivity index (χ4n) is 3.00. The summed E-state index contributed by atoms with van der Waals surface area (Å²) in [5, 5.41) is 12.0. The molecule has 0 aliphatic heterocycles. The number of aromatic nitrogens is 3. The second kappa shape index (κ2) is 7.64. The molecule has 1 aromatic heterocycles. The summed E-state index contributed by atoms with van der Waals surface area (Å²) < 4.78 is 1.90. The van der Waals surface area contributed by atoms with Crippen molar-refractivity contribution in [2.24, 2.45) is 5.92 Å². The van der Waals surface area contributed by atoms with Crippen molar-refractivity contribution in [3.05, 3.63) is 36.7 Å². The zero-order valence-corrected chi connectivity index (χ0v) is 14.1. The van der Waals surface area contributed by atoms with Gasteiger partial charge in [0.25, 0.3) is 0 Å². The van der Waals surface area contributed by atoms with Crippen LogP contribution in [0.4, 0.5) is 0 Å². The highest BCUT2D eigenvalue weighted by molar-refractivity contribution is 7.99. The molecular formula is C17H22N4OS. The highest BCUT2D eigenvalue weighted by Crippen LogP contribution is 2.24. The summed E-state index contributed by atoms with van der Waals surface area (Å²) in [7, 11) is 0. The van der Waals surface area contributed by atoms with E-state index in [2.05, 4.69) is 22.4 Å². The fraction of sp³-hybridized carbons (Fsp3) is 0.471. The van der Waals surface area contributed by atoms with Crippen molar-refractivity contribution in [1.29, 1.82) is 0 Å². The number of thioether (sulfide) groups is 1. The van der Waals surface area contributed by atoms with E-state index in [4.69, 9.17) is 0 Å². The number of para-hydroxylation sites is 1. The molecule has 1 aliphatic rings. The van der Waals surface area contributed by atoms with Crippen molar-refractivity contribution in [2.45, 2.75) is 43.8 Å². The third-order valence-electron chi connectivity index (χ3n) is 4.34. The quantitative estimate of drug-likeness (QED) is 0.856. The number of hydrogen-bond donors (Lipinski definition) is 1. The zero-order chi connectivity index (χ0) is 16.1. The van der Waals surface area contributed by atoms with Crippen LogP contribution in [-0.4, -0.2) is 32.5 Å². The van der Waals surface area contributed by atoms with Gasteiger partial charge in [0.1, 0.15) is 6.33 Å². The molecule has 6 heteroatoms. The maximum Gasteiger partial charge on any atom is 0.230 e. The molecule has 0 bridgehead atoms. The summed E-state index contributed by atoms with van der Waals surface area (Å²) in [6, 6.07) is 10.2. The minimum atomic E-state index is 0.0800.